The van der Waals surface area contributed by atoms with Crippen molar-refractivity contribution in [3.63, 3.8) is 0 Å². The van der Waals surface area contributed by atoms with Crippen LogP contribution in [0.2, 0.25) is 0 Å². The summed E-state index contributed by atoms with van der Waals surface area (Å²) < 4.78 is 0. The number of aryl methyl sites for hydroxylation is 3. The number of nitrogen functional groups attached to an aromatic ring is 1. The number of nitrogens with zero attached hydrogens (tertiary/aromatic N) is 1. The van der Waals surface area contributed by atoms with Gasteiger partial charge in [-0.25, -0.2) is 0 Å². The summed E-state index contributed by atoms with van der Waals surface area (Å²) >= 11 is 0. The van der Waals surface area contributed by atoms with Gasteiger partial charge < -0.3 is 10.8 Å². The van der Waals surface area contributed by atoms with Crippen LogP contribution in [0, 0.1) is 6.92 Å². The van der Waals surface area contributed by atoms with Crippen LogP contribution in [-0.2, 0) is 12.8 Å². The predicted molar refractivity (Wildman–Crippen MR) is 68.9 cm³/mol. The lowest BCUT2D eigenvalue weighted by Crippen LogP contribution is -1.97. The van der Waals surface area contributed by atoms with Crippen molar-refractivity contribution in [1.82, 2.24) is 4.98 Å². The van der Waals surface area contributed by atoms with Crippen LogP contribution >= 0.6 is 0 Å². The zero-order valence-electron chi connectivity index (χ0n) is 9.85. The summed E-state index contributed by atoms with van der Waals surface area (Å²) in [5, 5.41) is 9.67. The number of aromatic hydroxyl groups is 1. The summed E-state index contributed by atoms with van der Waals surface area (Å²) in [6.45, 7) is 1.92. The molecule has 0 fully saturated rings. The van der Waals surface area contributed by atoms with E-state index in [1.165, 1.54) is 5.56 Å². The topological polar surface area (TPSA) is 59.1 Å². The Kier molecular flexibility index (Phi) is 3.28. The third-order valence-corrected chi connectivity index (χ3v) is 2.72. The lowest BCUT2D eigenvalue weighted by molar-refractivity contribution is 0.463. The summed E-state index contributed by atoms with van der Waals surface area (Å²) in [6, 6.07) is 11.3. The number of pyridine rings is 1. The number of anilines is 1. The molecule has 0 atom stereocenters. The van der Waals surface area contributed by atoms with Gasteiger partial charge in [-0.05, 0) is 49.6 Å². The molecule has 0 aliphatic rings. The first-order valence-corrected chi connectivity index (χ1v) is 5.65. The van der Waals surface area contributed by atoms with Crippen molar-refractivity contribution >= 4 is 5.69 Å². The van der Waals surface area contributed by atoms with Crippen LogP contribution in [-0.4, -0.2) is 10.1 Å². The molecule has 3 heteroatoms. The average Bonchev–Trinajstić information content (AvgIpc) is 2.32. The maximum atomic E-state index is 9.67. The van der Waals surface area contributed by atoms with Crippen LogP contribution in [0.4, 0.5) is 5.69 Å². The molecule has 17 heavy (non-hydrogen) atoms. The predicted octanol–water partition coefficient (Wildman–Crippen LogP) is 2.46. The summed E-state index contributed by atoms with van der Waals surface area (Å²) in [6.07, 6.45) is 1.59. The fraction of sp³-hybridized carbons (Fsp3) is 0.214. The van der Waals surface area contributed by atoms with Gasteiger partial charge in [0.2, 0.25) is 0 Å². The highest BCUT2D eigenvalue weighted by molar-refractivity contribution is 5.39. The second-order valence-corrected chi connectivity index (χ2v) is 4.16. The third kappa shape index (κ3) is 2.97. The molecule has 3 nitrogen and oxygen atoms in total. The first kappa shape index (κ1) is 11.5. The molecule has 0 spiro atoms. The van der Waals surface area contributed by atoms with Crippen molar-refractivity contribution in [2.75, 3.05) is 5.73 Å². The monoisotopic (exact) mass is 228 g/mol. The van der Waals surface area contributed by atoms with E-state index in [9.17, 15) is 5.11 Å². The number of benzene rings is 1. The van der Waals surface area contributed by atoms with Gasteiger partial charge in [0.05, 0.1) is 5.69 Å². The van der Waals surface area contributed by atoms with Gasteiger partial charge in [0.1, 0.15) is 5.75 Å². The molecule has 88 valence electrons. The minimum Gasteiger partial charge on any atom is -0.506 e. The molecule has 3 N–H and O–H groups in total. The molecule has 1 heterocycles. The first-order chi connectivity index (χ1) is 8.15. The van der Waals surface area contributed by atoms with Crippen LogP contribution in [0.15, 0.2) is 36.4 Å². The fourth-order valence-corrected chi connectivity index (χ4v) is 1.73. The number of hydrogen-bond acceptors (Lipinski definition) is 3. The molecule has 0 bridgehead atoms. The molecule has 2 aromatic rings. The van der Waals surface area contributed by atoms with Gasteiger partial charge in [-0.1, -0.05) is 12.1 Å². The van der Waals surface area contributed by atoms with E-state index in [1.54, 1.807) is 6.07 Å². The Morgan fingerprint density at radius 3 is 2.47 bits per heavy atom. The van der Waals surface area contributed by atoms with Crippen LogP contribution in [0.5, 0.6) is 5.75 Å². The maximum absolute atomic E-state index is 9.67. The fourth-order valence-electron chi connectivity index (χ4n) is 1.73. The Bertz CT molecular complexity index is 506. The Morgan fingerprint density at radius 1 is 1.06 bits per heavy atom. The number of hydrogen-bond donors (Lipinski definition) is 2. The lowest BCUT2D eigenvalue weighted by atomic mass is 10.1. The van der Waals surface area contributed by atoms with E-state index in [1.807, 2.05) is 37.3 Å². The van der Waals surface area contributed by atoms with Crippen molar-refractivity contribution in [2.24, 2.45) is 0 Å². The average molecular weight is 228 g/mol. The first-order valence-electron chi connectivity index (χ1n) is 5.65. The molecule has 1 aromatic carbocycles. The molecule has 0 aliphatic carbocycles. The van der Waals surface area contributed by atoms with Gasteiger partial charge in [-0.3, -0.25) is 4.98 Å². The maximum Gasteiger partial charge on any atom is 0.137 e. The smallest absolute Gasteiger partial charge is 0.137 e. The van der Waals surface area contributed by atoms with Crippen molar-refractivity contribution in [1.29, 1.82) is 0 Å². The Hall–Kier alpha value is -2.03. The van der Waals surface area contributed by atoms with Gasteiger partial charge in [0.15, 0.2) is 0 Å². The zero-order chi connectivity index (χ0) is 12.3. The van der Waals surface area contributed by atoms with Crippen LogP contribution in [0.25, 0.3) is 0 Å². The van der Waals surface area contributed by atoms with E-state index < -0.39 is 0 Å². The number of rotatable bonds is 3. The second kappa shape index (κ2) is 4.87. The zero-order valence-corrected chi connectivity index (χ0v) is 9.85. The van der Waals surface area contributed by atoms with E-state index in [0.717, 1.165) is 29.9 Å². The number of nitrogens with two attached hydrogens (primary N) is 1. The molecule has 0 unspecified atom stereocenters. The molecule has 0 saturated heterocycles. The van der Waals surface area contributed by atoms with E-state index in [2.05, 4.69) is 4.98 Å². The normalized spacial score (nSPS) is 10.4. The summed E-state index contributed by atoms with van der Waals surface area (Å²) in [7, 11) is 0. The van der Waals surface area contributed by atoms with Crippen molar-refractivity contribution in [3.8, 4) is 5.75 Å². The summed E-state index contributed by atoms with van der Waals surface area (Å²) in [5.74, 6) is 0.269. The van der Waals surface area contributed by atoms with Gasteiger partial charge >= 0.3 is 0 Å². The molecular formula is C14H16N2O. The summed E-state index contributed by atoms with van der Waals surface area (Å²) in [4.78, 5) is 4.33. The third-order valence-electron chi connectivity index (χ3n) is 2.72. The second-order valence-electron chi connectivity index (χ2n) is 4.16. The minimum absolute atomic E-state index is 0.269. The Morgan fingerprint density at radius 2 is 1.76 bits per heavy atom. The van der Waals surface area contributed by atoms with Crippen molar-refractivity contribution in [3.05, 3.63) is 53.3 Å². The van der Waals surface area contributed by atoms with Gasteiger partial charge in [0.25, 0.3) is 0 Å². The van der Waals surface area contributed by atoms with E-state index in [4.69, 9.17) is 5.73 Å². The molecule has 2 rings (SSSR count). The largest absolute Gasteiger partial charge is 0.506 e. The van der Waals surface area contributed by atoms with Gasteiger partial charge in [0, 0.05) is 11.4 Å². The Balaban J connectivity index is 2.07. The molecule has 0 saturated carbocycles. The van der Waals surface area contributed by atoms with E-state index in [0.29, 0.717) is 0 Å². The van der Waals surface area contributed by atoms with Gasteiger partial charge in [-0.2, -0.15) is 0 Å². The SMILES string of the molecule is Cc1ccc(O)c(CCc2ccc(N)cc2)n1. The Labute approximate surface area is 101 Å². The van der Waals surface area contributed by atoms with Crippen molar-refractivity contribution in [2.45, 2.75) is 19.8 Å². The molecule has 0 radical (unpaired) electrons. The van der Waals surface area contributed by atoms with Crippen molar-refractivity contribution < 1.29 is 5.11 Å². The quantitative estimate of drug-likeness (QED) is 0.793. The van der Waals surface area contributed by atoms with Crippen LogP contribution in [0.3, 0.4) is 0 Å². The lowest BCUT2D eigenvalue weighted by Gasteiger charge is -2.05. The van der Waals surface area contributed by atoms with E-state index >= 15 is 0 Å². The molecular weight excluding hydrogens is 212 g/mol. The summed E-state index contributed by atoms with van der Waals surface area (Å²) in [5.41, 5.74) is 9.27. The van der Waals surface area contributed by atoms with Crippen LogP contribution < -0.4 is 5.73 Å². The standard InChI is InChI=1S/C14H16N2O/c1-10-2-9-14(17)13(16-10)8-5-11-3-6-12(15)7-4-11/h2-4,6-7,9,17H,5,8,15H2,1H3. The molecule has 0 aliphatic heterocycles. The molecule has 1 aromatic heterocycles. The number of aromatic nitrogens is 1. The highest BCUT2D eigenvalue weighted by atomic mass is 16.3. The highest BCUT2D eigenvalue weighted by Crippen LogP contribution is 2.17. The minimum atomic E-state index is 0.269. The van der Waals surface area contributed by atoms with Gasteiger partial charge in [-0.15, -0.1) is 0 Å². The van der Waals surface area contributed by atoms with Crippen LogP contribution in [0.1, 0.15) is 17.0 Å². The molecule has 0 amide bonds. The highest BCUT2D eigenvalue weighted by Gasteiger charge is 2.03. The van der Waals surface area contributed by atoms with E-state index in [-0.39, 0.29) is 5.75 Å².